The molecule has 0 aliphatic heterocycles. The summed E-state index contributed by atoms with van der Waals surface area (Å²) in [7, 11) is 0. The van der Waals surface area contributed by atoms with Crippen LogP contribution in [0.2, 0.25) is 0 Å². The Kier molecular flexibility index (Phi) is 6.12. The van der Waals surface area contributed by atoms with Crippen molar-refractivity contribution in [1.82, 2.24) is 9.97 Å². The van der Waals surface area contributed by atoms with Crippen molar-refractivity contribution in [3.63, 3.8) is 0 Å². The highest BCUT2D eigenvalue weighted by atomic mass is 16.5. The van der Waals surface area contributed by atoms with Gasteiger partial charge in [0.2, 0.25) is 0 Å². The Morgan fingerprint density at radius 2 is 2.00 bits per heavy atom. The maximum Gasteiger partial charge on any atom is 0.309 e. The van der Waals surface area contributed by atoms with Crippen LogP contribution in [-0.2, 0) is 9.53 Å². The summed E-state index contributed by atoms with van der Waals surface area (Å²) in [5.41, 5.74) is 2.75. The first-order valence-electron chi connectivity index (χ1n) is 10.9. The van der Waals surface area contributed by atoms with Crippen LogP contribution in [0.25, 0.3) is 11.3 Å². The molecule has 2 aliphatic carbocycles. The summed E-state index contributed by atoms with van der Waals surface area (Å²) in [6.07, 6.45) is 9.51. The minimum Gasteiger partial charge on any atom is -0.492 e. The van der Waals surface area contributed by atoms with Gasteiger partial charge in [-0.3, -0.25) is 14.8 Å². The van der Waals surface area contributed by atoms with Crippen molar-refractivity contribution in [2.45, 2.75) is 51.9 Å². The standard InChI is InChI=1S/C24H30N2O3/c1-3-28-24(27)21-12-20(21)23-6-4-5-22(26-23)18-11-19(14-25-13-18)29-15-17-9-7-16(2)8-10-17/h4-6,11,13-14,16-17,20-21H,3,7-10,12,15H2,1-2H3/t16-,17-,20-,21-/m1/s1. The van der Waals surface area contributed by atoms with E-state index in [9.17, 15) is 4.79 Å². The second-order valence-electron chi connectivity index (χ2n) is 8.49. The van der Waals surface area contributed by atoms with Gasteiger partial charge in [-0.05, 0) is 56.2 Å². The largest absolute Gasteiger partial charge is 0.492 e. The van der Waals surface area contributed by atoms with Crippen LogP contribution in [0.3, 0.4) is 0 Å². The number of pyridine rings is 2. The fourth-order valence-corrected chi connectivity index (χ4v) is 4.20. The highest BCUT2D eigenvalue weighted by molar-refractivity contribution is 5.77. The lowest BCUT2D eigenvalue weighted by Crippen LogP contribution is -2.18. The van der Waals surface area contributed by atoms with Crippen molar-refractivity contribution in [2.24, 2.45) is 17.8 Å². The molecule has 29 heavy (non-hydrogen) atoms. The second kappa shape index (κ2) is 8.93. The summed E-state index contributed by atoms with van der Waals surface area (Å²) in [5.74, 6) is 2.29. The number of rotatable bonds is 7. The van der Waals surface area contributed by atoms with Gasteiger partial charge in [0, 0.05) is 23.4 Å². The zero-order valence-electron chi connectivity index (χ0n) is 17.3. The van der Waals surface area contributed by atoms with Crippen LogP contribution < -0.4 is 4.74 Å². The third kappa shape index (κ3) is 4.95. The van der Waals surface area contributed by atoms with Gasteiger partial charge in [-0.2, -0.15) is 0 Å². The van der Waals surface area contributed by atoms with Crippen LogP contribution in [-0.4, -0.2) is 29.2 Å². The molecule has 2 saturated carbocycles. The highest BCUT2D eigenvalue weighted by Crippen LogP contribution is 2.47. The summed E-state index contributed by atoms with van der Waals surface area (Å²) in [5, 5.41) is 0. The third-order valence-corrected chi connectivity index (χ3v) is 6.16. The molecule has 0 amide bonds. The maximum atomic E-state index is 11.9. The summed E-state index contributed by atoms with van der Waals surface area (Å²) in [4.78, 5) is 21.1. The van der Waals surface area contributed by atoms with Crippen molar-refractivity contribution in [1.29, 1.82) is 0 Å². The van der Waals surface area contributed by atoms with Gasteiger partial charge in [-0.15, -0.1) is 0 Å². The van der Waals surface area contributed by atoms with Crippen molar-refractivity contribution >= 4 is 5.97 Å². The number of hydrogen-bond acceptors (Lipinski definition) is 5. The van der Waals surface area contributed by atoms with Gasteiger partial charge in [0.1, 0.15) is 5.75 Å². The van der Waals surface area contributed by atoms with Crippen LogP contribution in [0.15, 0.2) is 36.7 Å². The quantitative estimate of drug-likeness (QED) is 0.618. The van der Waals surface area contributed by atoms with Crippen molar-refractivity contribution in [2.75, 3.05) is 13.2 Å². The molecule has 5 nitrogen and oxygen atoms in total. The number of nitrogens with zero attached hydrogens (tertiary/aromatic N) is 2. The first-order valence-corrected chi connectivity index (χ1v) is 10.9. The molecule has 0 N–H and O–H groups in total. The van der Waals surface area contributed by atoms with E-state index in [0.717, 1.165) is 41.6 Å². The summed E-state index contributed by atoms with van der Waals surface area (Å²) in [6.45, 7) is 5.36. The van der Waals surface area contributed by atoms with E-state index >= 15 is 0 Å². The van der Waals surface area contributed by atoms with E-state index in [2.05, 4.69) is 11.9 Å². The van der Waals surface area contributed by atoms with Gasteiger partial charge in [0.05, 0.1) is 31.0 Å². The molecule has 0 bridgehead atoms. The molecule has 154 valence electrons. The fourth-order valence-electron chi connectivity index (χ4n) is 4.20. The number of ether oxygens (including phenoxy) is 2. The van der Waals surface area contributed by atoms with E-state index in [1.54, 1.807) is 6.20 Å². The molecular formula is C24H30N2O3. The van der Waals surface area contributed by atoms with Crippen LogP contribution in [0.1, 0.15) is 57.6 Å². The lowest BCUT2D eigenvalue weighted by Gasteiger charge is -2.26. The third-order valence-electron chi connectivity index (χ3n) is 6.16. The van der Waals surface area contributed by atoms with Crippen molar-refractivity contribution < 1.29 is 14.3 Å². The first kappa shape index (κ1) is 19.9. The first-order chi connectivity index (χ1) is 14.1. The van der Waals surface area contributed by atoms with Crippen LogP contribution in [0.5, 0.6) is 5.75 Å². The van der Waals surface area contributed by atoms with Gasteiger partial charge >= 0.3 is 5.97 Å². The van der Waals surface area contributed by atoms with Gasteiger partial charge < -0.3 is 9.47 Å². The molecule has 0 saturated heterocycles. The molecular weight excluding hydrogens is 364 g/mol. The van der Waals surface area contributed by atoms with Crippen LogP contribution in [0, 0.1) is 17.8 Å². The average Bonchev–Trinajstić information content (AvgIpc) is 3.55. The monoisotopic (exact) mass is 394 g/mol. The summed E-state index contributed by atoms with van der Waals surface area (Å²) < 4.78 is 11.2. The Labute approximate surface area is 172 Å². The minimum atomic E-state index is -0.112. The minimum absolute atomic E-state index is 0.0521. The van der Waals surface area contributed by atoms with E-state index < -0.39 is 0 Å². The Morgan fingerprint density at radius 3 is 2.79 bits per heavy atom. The molecule has 4 rings (SSSR count). The predicted molar refractivity (Wildman–Crippen MR) is 112 cm³/mol. The van der Waals surface area contributed by atoms with E-state index in [0.29, 0.717) is 12.5 Å². The molecule has 0 aromatic carbocycles. The number of carbonyl (C=O) groups is 1. The molecule has 5 heteroatoms. The normalized spacial score (nSPS) is 26.0. The lowest BCUT2D eigenvalue weighted by atomic mass is 9.83. The molecule has 2 atom stereocenters. The predicted octanol–water partition coefficient (Wildman–Crippen LogP) is 5.02. The SMILES string of the molecule is CCOC(=O)[C@@H]1C[C@H]1c1cccc(-c2cncc(OC[C@H]3CC[C@H](C)CC3)c2)n1. The Balaban J connectivity index is 1.40. The zero-order valence-corrected chi connectivity index (χ0v) is 17.3. The van der Waals surface area contributed by atoms with Gasteiger partial charge in [-0.1, -0.05) is 25.8 Å². The second-order valence-corrected chi connectivity index (χ2v) is 8.49. The molecule has 2 aromatic heterocycles. The summed E-state index contributed by atoms with van der Waals surface area (Å²) in [6, 6.07) is 7.98. The number of hydrogen-bond donors (Lipinski definition) is 0. The van der Waals surface area contributed by atoms with E-state index in [1.807, 2.05) is 37.4 Å². The van der Waals surface area contributed by atoms with Crippen molar-refractivity contribution in [3.05, 3.63) is 42.4 Å². The van der Waals surface area contributed by atoms with Crippen LogP contribution >= 0.6 is 0 Å². The molecule has 2 aliphatic rings. The lowest BCUT2D eigenvalue weighted by molar-refractivity contribution is -0.144. The van der Waals surface area contributed by atoms with Gasteiger partial charge in [-0.25, -0.2) is 0 Å². The van der Waals surface area contributed by atoms with Gasteiger partial charge in [0.25, 0.3) is 0 Å². The average molecular weight is 395 g/mol. The maximum absolute atomic E-state index is 11.9. The Bertz CT molecular complexity index is 846. The Hall–Kier alpha value is -2.43. The number of carbonyl (C=O) groups excluding carboxylic acids is 1. The van der Waals surface area contributed by atoms with E-state index in [1.165, 1.54) is 25.7 Å². The zero-order chi connectivity index (χ0) is 20.2. The Morgan fingerprint density at radius 1 is 1.17 bits per heavy atom. The van der Waals surface area contributed by atoms with E-state index in [4.69, 9.17) is 14.5 Å². The smallest absolute Gasteiger partial charge is 0.309 e. The molecule has 2 heterocycles. The molecule has 2 fully saturated rings. The fraction of sp³-hybridized carbons (Fsp3) is 0.542. The molecule has 2 aromatic rings. The van der Waals surface area contributed by atoms with Crippen LogP contribution in [0.4, 0.5) is 0 Å². The number of aromatic nitrogens is 2. The van der Waals surface area contributed by atoms with E-state index in [-0.39, 0.29) is 17.8 Å². The van der Waals surface area contributed by atoms with Gasteiger partial charge in [0.15, 0.2) is 0 Å². The molecule has 0 unspecified atom stereocenters. The molecule has 0 radical (unpaired) electrons. The summed E-state index contributed by atoms with van der Waals surface area (Å²) >= 11 is 0. The van der Waals surface area contributed by atoms with Crippen molar-refractivity contribution in [3.8, 4) is 17.0 Å². The molecule has 0 spiro atoms. The topological polar surface area (TPSA) is 61.3 Å². The number of esters is 1. The highest BCUT2D eigenvalue weighted by Gasteiger charge is 2.46.